The van der Waals surface area contributed by atoms with Crippen molar-refractivity contribution in [2.24, 2.45) is 17.4 Å². The van der Waals surface area contributed by atoms with Crippen LogP contribution in [0.25, 0.3) is 10.9 Å². The van der Waals surface area contributed by atoms with Crippen LogP contribution in [0, 0.1) is 5.92 Å². The summed E-state index contributed by atoms with van der Waals surface area (Å²) in [6.07, 6.45) is 2.32. The molecule has 4 atom stereocenters. The van der Waals surface area contributed by atoms with Crippen LogP contribution in [0.15, 0.2) is 60.8 Å². The minimum absolute atomic E-state index is 0.00808. The highest BCUT2D eigenvalue weighted by molar-refractivity contribution is 5.91. The van der Waals surface area contributed by atoms with Gasteiger partial charge in [-0.15, -0.1) is 0 Å². The van der Waals surface area contributed by atoms with Gasteiger partial charge in [0.2, 0.25) is 47.3 Å². The van der Waals surface area contributed by atoms with Gasteiger partial charge in [-0.2, -0.15) is 0 Å². The van der Waals surface area contributed by atoms with Crippen molar-refractivity contribution in [3.8, 4) is 0 Å². The van der Waals surface area contributed by atoms with Crippen LogP contribution in [0.2, 0.25) is 0 Å². The zero-order valence-electron chi connectivity index (χ0n) is 40.6. The molecule has 374 valence electrons. The normalized spacial score (nSPS) is 12.9. The molecule has 0 saturated heterocycles. The van der Waals surface area contributed by atoms with E-state index in [4.69, 9.17) is 11.5 Å². The molecular weight excluding hydrogens is 873 g/mol. The number of aromatic amines is 1. The van der Waals surface area contributed by atoms with E-state index in [1.165, 1.54) is 26.5 Å². The molecule has 3 rings (SSSR count). The van der Waals surface area contributed by atoms with Gasteiger partial charge in [0.25, 0.3) is 0 Å². The van der Waals surface area contributed by atoms with Crippen molar-refractivity contribution in [3.63, 3.8) is 0 Å². The first-order valence-corrected chi connectivity index (χ1v) is 23.7. The molecule has 2 aromatic carbocycles. The first-order chi connectivity index (χ1) is 32.5. The Balaban J connectivity index is 1.92. The van der Waals surface area contributed by atoms with Crippen molar-refractivity contribution < 1.29 is 43.5 Å². The first kappa shape index (κ1) is 56.0. The fraction of sp³-hybridized carbons (Fsp3) is 0.551. The number of para-hydroxylation sites is 1. The van der Waals surface area contributed by atoms with Gasteiger partial charge in [-0.25, -0.2) is 0 Å². The summed E-state index contributed by atoms with van der Waals surface area (Å²) in [6.45, 7) is 9.73. The first-order valence-electron chi connectivity index (χ1n) is 23.7. The molecule has 1 heterocycles. The lowest BCUT2D eigenvalue weighted by Crippen LogP contribution is -2.56. The zero-order valence-corrected chi connectivity index (χ0v) is 40.6. The van der Waals surface area contributed by atoms with Crippen LogP contribution in [0.4, 0.5) is 0 Å². The predicted octanol–water partition coefficient (Wildman–Crippen LogP) is 1.21. The molecule has 0 spiro atoms. The molecule has 9 N–H and O–H groups in total. The highest BCUT2D eigenvalue weighted by Crippen LogP contribution is 2.22. The SMILES string of the molecule is CCC(=O)N(CCNC(=O)[C@H](CC(C)C)N(CCNC(=O)[C@H](Cc1c[nH]c2ccccc12)N(CCNC(=O)[C@H](Cc1ccccc1)N(CCN)C(=O)CC)C(=O)CCO)C(=O)CC)[C@@H](C)C(N)=O. The monoisotopic (exact) mass is 947 g/mol. The summed E-state index contributed by atoms with van der Waals surface area (Å²) in [7, 11) is 0. The number of H-pyrrole nitrogens is 1. The van der Waals surface area contributed by atoms with Crippen LogP contribution in [0.5, 0.6) is 0 Å². The van der Waals surface area contributed by atoms with Crippen LogP contribution in [-0.2, 0) is 51.2 Å². The number of aliphatic hydroxyl groups excluding tert-OH is 1. The lowest BCUT2D eigenvalue weighted by atomic mass is 10.0. The summed E-state index contributed by atoms with van der Waals surface area (Å²) < 4.78 is 0. The number of aromatic nitrogens is 1. The molecule has 0 aliphatic heterocycles. The molecule has 3 aromatic rings. The lowest BCUT2D eigenvalue weighted by Gasteiger charge is -2.34. The van der Waals surface area contributed by atoms with E-state index in [0.717, 1.165) is 22.0 Å². The van der Waals surface area contributed by atoms with E-state index >= 15 is 0 Å². The van der Waals surface area contributed by atoms with Crippen molar-refractivity contribution in [1.82, 2.24) is 40.5 Å². The van der Waals surface area contributed by atoms with Gasteiger partial charge in [-0.05, 0) is 36.5 Å². The third-order valence-electron chi connectivity index (χ3n) is 11.8. The van der Waals surface area contributed by atoms with Crippen molar-refractivity contribution in [2.75, 3.05) is 59.0 Å². The van der Waals surface area contributed by atoms with E-state index in [1.807, 2.05) is 68.4 Å². The number of nitrogens with two attached hydrogens (primary N) is 2. The number of primary amides is 1. The van der Waals surface area contributed by atoms with Gasteiger partial charge in [0.15, 0.2) is 0 Å². The number of amides is 8. The maximum atomic E-state index is 14.6. The standard InChI is InChI=1S/C49H74N10O9/c1-7-42(61)56(34(6)46(51)65)25-21-52-47(66)39(29-33(4)5)58(44(63)9-3)26-22-54-49(68)41(31-36-32-55-38-18-14-13-17-37(36)38)59(45(64)19-28-60)27-23-53-48(67)40(30-35-15-11-10-12-16-35)57(24-20-50)43(62)8-2/h10-18,32-34,39-41,55,60H,7-9,19-31,50H2,1-6H3,(H2,51,65)(H,52,66)(H,53,67)(H,54,68)/t34-,39-,40-,41-/m0/s1. The Morgan fingerprint density at radius 2 is 1.09 bits per heavy atom. The number of nitrogens with zero attached hydrogens (tertiary/aromatic N) is 4. The van der Waals surface area contributed by atoms with E-state index in [-0.39, 0.29) is 121 Å². The average molecular weight is 947 g/mol. The Bertz CT molecular complexity index is 2130. The molecular formula is C49H74N10O9. The van der Waals surface area contributed by atoms with Gasteiger partial charge in [0, 0.05) is 108 Å². The third kappa shape index (κ3) is 16.5. The minimum atomic E-state index is -1.16. The number of aliphatic hydroxyl groups is 1. The van der Waals surface area contributed by atoms with Crippen LogP contribution in [-0.4, -0.2) is 160 Å². The second-order valence-corrected chi connectivity index (χ2v) is 17.1. The molecule has 0 saturated carbocycles. The van der Waals surface area contributed by atoms with Crippen LogP contribution in [0.1, 0.15) is 84.8 Å². The van der Waals surface area contributed by atoms with Gasteiger partial charge in [-0.3, -0.25) is 38.4 Å². The van der Waals surface area contributed by atoms with E-state index in [1.54, 1.807) is 27.0 Å². The topological polar surface area (TPSA) is 274 Å². The Morgan fingerprint density at radius 3 is 1.60 bits per heavy atom. The van der Waals surface area contributed by atoms with E-state index in [2.05, 4.69) is 20.9 Å². The van der Waals surface area contributed by atoms with Crippen molar-refractivity contribution in [1.29, 1.82) is 0 Å². The fourth-order valence-corrected chi connectivity index (χ4v) is 8.15. The molecule has 0 aliphatic carbocycles. The number of nitrogens with one attached hydrogen (secondary N) is 4. The van der Waals surface area contributed by atoms with E-state index in [9.17, 15) is 43.5 Å². The van der Waals surface area contributed by atoms with Gasteiger partial charge >= 0.3 is 0 Å². The Morgan fingerprint density at radius 1 is 0.618 bits per heavy atom. The number of benzene rings is 2. The van der Waals surface area contributed by atoms with Crippen molar-refractivity contribution >= 4 is 58.2 Å². The van der Waals surface area contributed by atoms with Gasteiger partial charge in [0.05, 0.1) is 6.61 Å². The molecule has 0 bridgehead atoms. The van der Waals surface area contributed by atoms with E-state index < -0.39 is 60.3 Å². The molecule has 68 heavy (non-hydrogen) atoms. The van der Waals surface area contributed by atoms with Crippen molar-refractivity contribution in [3.05, 3.63) is 71.9 Å². The molecule has 19 heteroatoms. The second kappa shape index (κ2) is 28.7. The van der Waals surface area contributed by atoms with Crippen LogP contribution in [0.3, 0.4) is 0 Å². The molecule has 0 unspecified atom stereocenters. The van der Waals surface area contributed by atoms with Crippen LogP contribution < -0.4 is 27.4 Å². The summed E-state index contributed by atoms with van der Waals surface area (Å²) in [5.74, 6) is -3.68. The highest BCUT2D eigenvalue weighted by Gasteiger charge is 2.34. The fourth-order valence-electron chi connectivity index (χ4n) is 8.15. The summed E-state index contributed by atoms with van der Waals surface area (Å²) >= 11 is 0. The molecule has 1 aromatic heterocycles. The highest BCUT2D eigenvalue weighted by atomic mass is 16.3. The number of fused-ring (bicyclic) bond motifs is 1. The minimum Gasteiger partial charge on any atom is -0.396 e. The van der Waals surface area contributed by atoms with Crippen LogP contribution >= 0.6 is 0 Å². The number of carbonyl (C=O) groups excluding carboxylic acids is 8. The molecule has 0 radical (unpaired) electrons. The summed E-state index contributed by atoms with van der Waals surface area (Å²) in [4.78, 5) is 116. The number of hydrogen-bond donors (Lipinski definition) is 7. The smallest absolute Gasteiger partial charge is 0.243 e. The second-order valence-electron chi connectivity index (χ2n) is 17.1. The lowest BCUT2D eigenvalue weighted by molar-refractivity contribution is -0.142. The maximum Gasteiger partial charge on any atom is 0.243 e. The van der Waals surface area contributed by atoms with Gasteiger partial charge in [-0.1, -0.05) is 83.1 Å². The van der Waals surface area contributed by atoms with E-state index in [0.29, 0.717) is 0 Å². The Labute approximate surface area is 400 Å². The quantitative estimate of drug-likeness (QED) is 0.0502. The van der Waals surface area contributed by atoms with Gasteiger partial charge < -0.3 is 57.1 Å². The summed E-state index contributed by atoms with van der Waals surface area (Å²) in [6, 6.07) is 12.8. The average Bonchev–Trinajstić information content (AvgIpc) is 3.74. The molecule has 8 amide bonds. The number of rotatable bonds is 30. The number of hydrogen-bond acceptors (Lipinski definition) is 10. The molecule has 0 aliphatic rings. The zero-order chi connectivity index (χ0) is 50.3. The maximum absolute atomic E-state index is 14.6. The molecule has 19 nitrogen and oxygen atoms in total. The summed E-state index contributed by atoms with van der Waals surface area (Å²) in [5.41, 5.74) is 13.7. The largest absolute Gasteiger partial charge is 0.396 e. The summed E-state index contributed by atoms with van der Waals surface area (Å²) in [5, 5.41) is 19.4. The Kier molecular flexibility index (Phi) is 23.7. The molecule has 0 fully saturated rings. The van der Waals surface area contributed by atoms with Crippen molar-refractivity contribution in [2.45, 2.75) is 111 Å². The third-order valence-corrected chi connectivity index (χ3v) is 11.8. The predicted molar refractivity (Wildman–Crippen MR) is 259 cm³/mol. The van der Waals surface area contributed by atoms with Gasteiger partial charge in [0.1, 0.15) is 24.2 Å². The number of carbonyl (C=O) groups is 8. The Hall–Kier alpha value is -6.34.